The smallest absolute Gasteiger partial charge is 0.0581 e. The molecule has 2 unspecified atom stereocenters. The molecule has 1 aromatic carbocycles. The van der Waals surface area contributed by atoms with E-state index in [0.29, 0.717) is 18.0 Å². The van der Waals surface area contributed by atoms with Crippen molar-refractivity contribution in [2.45, 2.75) is 45.7 Å². The van der Waals surface area contributed by atoms with Crippen molar-refractivity contribution in [2.24, 2.45) is 0 Å². The summed E-state index contributed by atoms with van der Waals surface area (Å²) in [6.07, 6.45) is 0. The molecule has 1 aromatic rings. The van der Waals surface area contributed by atoms with E-state index in [2.05, 4.69) is 56.5 Å². The highest BCUT2D eigenvalue weighted by Gasteiger charge is 2.20. The fraction of sp³-hybridized carbons (Fsp3) is 0.538. The second kappa shape index (κ2) is 3.76. The van der Waals surface area contributed by atoms with Crippen LogP contribution in [-0.2, 0) is 0 Å². The van der Waals surface area contributed by atoms with Gasteiger partial charge in [0, 0.05) is 12.1 Å². The molecule has 2 nitrogen and oxygen atoms in total. The van der Waals surface area contributed by atoms with Crippen LogP contribution >= 0.6 is 0 Å². The average molecular weight is 204 g/mol. The van der Waals surface area contributed by atoms with Gasteiger partial charge in [0.1, 0.15) is 0 Å². The van der Waals surface area contributed by atoms with Gasteiger partial charge in [-0.2, -0.15) is 0 Å². The molecule has 2 atom stereocenters. The molecule has 1 aliphatic rings. The molecule has 2 N–H and O–H groups in total. The SMILES string of the molecule is CC(C)c1ccc2c(c1)NC(C)C(C)N2. The molecule has 15 heavy (non-hydrogen) atoms. The molecular weight excluding hydrogens is 184 g/mol. The van der Waals surface area contributed by atoms with Gasteiger partial charge in [-0.3, -0.25) is 0 Å². The maximum absolute atomic E-state index is 3.54. The molecule has 0 saturated heterocycles. The van der Waals surface area contributed by atoms with Crippen LogP contribution in [0.2, 0.25) is 0 Å². The van der Waals surface area contributed by atoms with E-state index in [1.54, 1.807) is 0 Å². The summed E-state index contributed by atoms with van der Waals surface area (Å²) in [5.74, 6) is 0.590. The molecule has 82 valence electrons. The van der Waals surface area contributed by atoms with Crippen LogP contribution in [0.1, 0.15) is 39.2 Å². The topological polar surface area (TPSA) is 24.1 Å². The van der Waals surface area contributed by atoms with Gasteiger partial charge in [0.2, 0.25) is 0 Å². The van der Waals surface area contributed by atoms with Crippen LogP contribution in [0, 0.1) is 0 Å². The van der Waals surface area contributed by atoms with Crippen LogP contribution in [0.4, 0.5) is 11.4 Å². The molecule has 0 spiro atoms. The summed E-state index contributed by atoms with van der Waals surface area (Å²) in [5, 5.41) is 7.06. The Balaban J connectivity index is 2.33. The van der Waals surface area contributed by atoms with Crippen molar-refractivity contribution >= 4 is 11.4 Å². The minimum atomic E-state index is 0.486. The number of benzene rings is 1. The quantitative estimate of drug-likeness (QED) is 0.732. The van der Waals surface area contributed by atoms with Gasteiger partial charge in [-0.1, -0.05) is 19.9 Å². The standard InChI is InChI=1S/C13H20N2/c1-8(2)11-5-6-12-13(7-11)15-10(4)9(3)14-12/h5-10,14-15H,1-4H3. The molecule has 2 rings (SSSR count). The molecule has 0 aromatic heterocycles. The third-order valence-electron chi connectivity index (χ3n) is 3.23. The maximum atomic E-state index is 3.54. The monoisotopic (exact) mass is 204 g/mol. The van der Waals surface area contributed by atoms with Gasteiger partial charge >= 0.3 is 0 Å². The largest absolute Gasteiger partial charge is 0.379 e. The van der Waals surface area contributed by atoms with Gasteiger partial charge in [0.05, 0.1) is 11.4 Å². The second-order valence-electron chi connectivity index (χ2n) is 4.83. The molecule has 0 amide bonds. The van der Waals surface area contributed by atoms with Crippen LogP contribution < -0.4 is 10.6 Å². The molecule has 0 saturated carbocycles. The Morgan fingerprint density at radius 2 is 1.60 bits per heavy atom. The van der Waals surface area contributed by atoms with Gasteiger partial charge < -0.3 is 10.6 Å². The van der Waals surface area contributed by atoms with E-state index in [1.807, 2.05) is 0 Å². The van der Waals surface area contributed by atoms with Crippen molar-refractivity contribution in [2.75, 3.05) is 10.6 Å². The fourth-order valence-corrected chi connectivity index (χ4v) is 1.91. The van der Waals surface area contributed by atoms with Gasteiger partial charge in [-0.15, -0.1) is 0 Å². The van der Waals surface area contributed by atoms with Gasteiger partial charge in [-0.25, -0.2) is 0 Å². The third-order valence-corrected chi connectivity index (χ3v) is 3.23. The number of anilines is 2. The third kappa shape index (κ3) is 1.94. The van der Waals surface area contributed by atoms with Crippen molar-refractivity contribution in [3.05, 3.63) is 23.8 Å². The molecular formula is C13H20N2. The summed E-state index contributed by atoms with van der Waals surface area (Å²) in [6.45, 7) is 8.87. The number of nitrogens with one attached hydrogen (secondary N) is 2. The van der Waals surface area contributed by atoms with E-state index < -0.39 is 0 Å². The van der Waals surface area contributed by atoms with Crippen molar-refractivity contribution in [3.63, 3.8) is 0 Å². The lowest BCUT2D eigenvalue weighted by Gasteiger charge is -2.32. The summed E-state index contributed by atoms with van der Waals surface area (Å²) < 4.78 is 0. The molecule has 0 aliphatic carbocycles. The Morgan fingerprint density at radius 3 is 2.20 bits per heavy atom. The predicted octanol–water partition coefficient (Wildman–Crippen LogP) is 3.42. The zero-order valence-electron chi connectivity index (χ0n) is 9.96. The summed E-state index contributed by atoms with van der Waals surface area (Å²) >= 11 is 0. The Kier molecular flexibility index (Phi) is 2.59. The number of hydrogen-bond acceptors (Lipinski definition) is 2. The van der Waals surface area contributed by atoms with Crippen molar-refractivity contribution in [1.29, 1.82) is 0 Å². The first-order valence-electron chi connectivity index (χ1n) is 5.75. The van der Waals surface area contributed by atoms with Crippen LogP contribution in [0.25, 0.3) is 0 Å². The molecule has 2 heteroatoms. The summed E-state index contributed by atoms with van der Waals surface area (Å²) in [5.41, 5.74) is 3.86. The van der Waals surface area contributed by atoms with Crippen LogP contribution in [-0.4, -0.2) is 12.1 Å². The molecule has 1 heterocycles. The lowest BCUT2D eigenvalue weighted by molar-refractivity contribution is 0.663. The number of hydrogen-bond donors (Lipinski definition) is 2. The van der Waals surface area contributed by atoms with Crippen molar-refractivity contribution in [3.8, 4) is 0 Å². The molecule has 0 bridgehead atoms. The van der Waals surface area contributed by atoms with Gasteiger partial charge in [-0.05, 0) is 37.5 Å². The minimum absolute atomic E-state index is 0.486. The minimum Gasteiger partial charge on any atom is -0.379 e. The lowest BCUT2D eigenvalue weighted by Crippen LogP contribution is -2.38. The van der Waals surface area contributed by atoms with E-state index in [4.69, 9.17) is 0 Å². The van der Waals surface area contributed by atoms with E-state index in [0.717, 1.165) is 0 Å². The lowest BCUT2D eigenvalue weighted by atomic mass is 9.99. The molecule has 0 fully saturated rings. The van der Waals surface area contributed by atoms with Gasteiger partial charge in [0.25, 0.3) is 0 Å². The number of fused-ring (bicyclic) bond motifs is 1. The second-order valence-corrected chi connectivity index (χ2v) is 4.83. The maximum Gasteiger partial charge on any atom is 0.0581 e. The van der Waals surface area contributed by atoms with Crippen molar-refractivity contribution in [1.82, 2.24) is 0 Å². The summed E-state index contributed by atoms with van der Waals surface area (Å²) in [6, 6.07) is 7.62. The highest BCUT2D eigenvalue weighted by Crippen LogP contribution is 2.31. The highest BCUT2D eigenvalue weighted by molar-refractivity contribution is 5.72. The Labute approximate surface area is 92.1 Å². The normalized spacial score (nSPS) is 24.3. The zero-order chi connectivity index (χ0) is 11.0. The van der Waals surface area contributed by atoms with Crippen LogP contribution in [0.15, 0.2) is 18.2 Å². The Morgan fingerprint density at radius 1 is 1.00 bits per heavy atom. The van der Waals surface area contributed by atoms with E-state index in [-0.39, 0.29) is 0 Å². The first-order valence-corrected chi connectivity index (χ1v) is 5.75. The highest BCUT2D eigenvalue weighted by atomic mass is 15.1. The Hall–Kier alpha value is -1.18. The fourth-order valence-electron chi connectivity index (χ4n) is 1.91. The van der Waals surface area contributed by atoms with E-state index in [9.17, 15) is 0 Å². The average Bonchev–Trinajstić information content (AvgIpc) is 2.19. The van der Waals surface area contributed by atoms with E-state index >= 15 is 0 Å². The Bertz CT molecular complexity index is 358. The number of rotatable bonds is 1. The zero-order valence-corrected chi connectivity index (χ0v) is 9.96. The van der Waals surface area contributed by atoms with Crippen LogP contribution in [0.3, 0.4) is 0 Å². The van der Waals surface area contributed by atoms with Gasteiger partial charge in [0.15, 0.2) is 0 Å². The predicted molar refractivity (Wildman–Crippen MR) is 66.7 cm³/mol. The summed E-state index contributed by atoms with van der Waals surface area (Å²) in [7, 11) is 0. The van der Waals surface area contributed by atoms with E-state index in [1.165, 1.54) is 16.9 Å². The first kappa shape index (κ1) is 10.3. The first-order chi connectivity index (χ1) is 7.08. The molecule has 1 aliphatic heterocycles. The summed E-state index contributed by atoms with van der Waals surface area (Å²) in [4.78, 5) is 0. The van der Waals surface area contributed by atoms with Crippen LogP contribution in [0.5, 0.6) is 0 Å². The van der Waals surface area contributed by atoms with Crippen molar-refractivity contribution < 1.29 is 0 Å². The molecule has 0 radical (unpaired) electrons.